The average molecular weight is 508 g/mol. The third kappa shape index (κ3) is 4.79. The van der Waals surface area contributed by atoms with Crippen LogP contribution in [0.2, 0.25) is 0 Å². The third-order valence-electron chi connectivity index (χ3n) is 7.76. The van der Waals surface area contributed by atoms with Crippen LogP contribution in [0.5, 0.6) is 5.75 Å². The van der Waals surface area contributed by atoms with Gasteiger partial charge in [0, 0.05) is 31.4 Å². The maximum absolute atomic E-state index is 14.9. The van der Waals surface area contributed by atoms with Gasteiger partial charge in [0.1, 0.15) is 23.5 Å². The monoisotopic (exact) mass is 507 g/mol. The number of carbonyl (C=O) groups is 2. The van der Waals surface area contributed by atoms with Crippen LogP contribution in [0, 0.1) is 24.1 Å². The van der Waals surface area contributed by atoms with E-state index in [0.29, 0.717) is 29.0 Å². The summed E-state index contributed by atoms with van der Waals surface area (Å²) in [6.45, 7) is 2.96. The Morgan fingerprint density at radius 1 is 1.19 bits per heavy atom. The summed E-state index contributed by atoms with van der Waals surface area (Å²) in [6, 6.07) is 11.4. The van der Waals surface area contributed by atoms with E-state index in [-0.39, 0.29) is 30.3 Å². The number of piperidine rings is 1. The molecule has 1 fully saturated rings. The minimum absolute atomic E-state index is 0.0113. The number of nitrogens with one attached hydrogen (secondary N) is 1. The maximum Gasteiger partial charge on any atom is 0.192 e. The second-order valence-corrected chi connectivity index (χ2v) is 9.74. The number of rotatable bonds is 9. The third-order valence-corrected chi connectivity index (χ3v) is 7.76. The summed E-state index contributed by atoms with van der Waals surface area (Å²) in [5.74, 6) is -0.179. The van der Waals surface area contributed by atoms with E-state index in [2.05, 4.69) is 5.32 Å². The van der Waals surface area contributed by atoms with Crippen molar-refractivity contribution in [2.75, 3.05) is 33.9 Å². The molecular formula is C30H34FNO5. The van der Waals surface area contributed by atoms with Crippen LogP contribution in [0.15, 0.2) is 65.8 Å². The lowest BCUT2D eigenvalue weighted by Crippen LogP contribution is -2.45. The number of aldehydes is 1. The highest BCUT2D eigenvalue weighted by molar-refractivity contribution is 6.11. The predicted molar refractivity (Wildman–Crippen MR) is 139 cm³/mol. The van der Waals surface area contributed by atoms with E-state index in [4.69, 9.17) is 9.47 Å². The molecule has 2 aromatic carbocycles. The molecule has 1 saturated heterocycles. The molecule has 2 aliphatic rings. The molecule has 1 aliphatic heterocycles. The first-order valence-electron chi connectivity index (χ1n) is 12.6. The molecule has 7 heteroatoms. The van der Waals surface area contributed by atoms with E-state index in [1.54, 1.807) is 56.5 Å². The van der Waals surface area contributed by atoms with Crippen LogP contribution in [0.25, 0.3) is 0 Å². The number of ketones is 1. The molecule has 0 saturated carbocycles. The Labute approximate surface area is 217 Å². The molecule has 1 heterocycles. The first-order chi connectivity index (χ1) is 17.9. The quantitative estimate of drug-likeness (QED) is 0.299. The lowest BCUT2D eigenvalue weighted by molar-refractivity contribution is -0.113. The number of aliphatic hydroxyl groups excluding tert-OH is 1. The molecule has 37 heavy (non-hydrogen) atoms. The normalized spacial score (nSPS) is 25.7. The van der Waals surface area contributed by atoms with Crippen molar-refractivity contribution >= 4 is 12.1 Å². The van der Waals surface area contributed by atoms with Gasteiger partial charge in [0.15, 0.2) is 5.78 Å². The number of ether oxygens (including phenoxy) is 2. The fraction of sp³-hybridized carbons (Fsp3) is 0.400. The Morgan fingerprint density at radius 2 is 1.95 bits per heavy atom. The van der Waals surface area contributed by atoms with Gasteiger partial charge < -0.3 is 24.7 Å². The van der Waals surface area contributed by atoms with Crippen molar-refractivity contribution in [2.24, 2.45) is 11.3 Å². The fourth-order valence-corrected chi connectivity index (χ4v) is 5.70. The van der Waals surface area contributed by atoms with Crippen LogP contribution < -0.4 is 10.1 Å². The van der Waals surface area contributed by atoms with Crippen molar-refractivity contribution in [3.8, 4) is 5.75 Å². The van der Waals surface area contributed by atoms with Crippen LogP contribution in [-0.4, -0.2) is 51.1 Å². The van der Waals surface area contributed by atoms with Gasteiger partial charge in [0.05, 0.1) is 12.5 Å². The van der Waals surface area contributed by atoms with Gasteiger partial charge in [-0.15, -0.1) is 0 Å². The van der Waals surface area contributed by atoms with Crippen molar-refractivity contribution in [2.45, 2.75) is 31.8 Å². The highest BCUT2D eigenvalue weighted by Crippen LogP contribution is 2.51. The summed E-state index contributed by atoms with van der Waals surface area (Å²) in [5.41, 5.74) is -0.411. The Kier molecular flexibility index (Phi) is 8.07. The van der Waals surface area contributed by atoms with Crippen LogP contribution in [0.3, 0.4) is 0 Å². The van der Waals surface area contributed by atoms with Gasteiger partial charge in [-0.2, -0.15) is 0 Å². The number of benzene rings is 2. The van der Waals surface area contributed by atoms with Gasteiger partial charge in [-0.1, -0.05) is 18.2 Å². The van der Waals surface area contributed by atoms with Gasteiger partial charge in [0.2, 0.25) is 0 Å². The number of aliphatic hydroxyl groups is 1. The van der Waals surface area contributed by atoms with E-state index >= 15 is 0 Å². The molecule has 1 aliphatic carbocycles. The van der Waals surface area contributed by atoms with Crippen molar-refractivity contribution < 1.29 is 28.6 Å². The first kappa shape index (κ1) is 26.9. The first-order valence-corrected chi connectivity index (χ1v) is 12.6. The van der Waals surface area contributed by atoms with Crippen molar-refractivity contribution in [3.05, 3.63) is 88.3 Å². The van der Waals surface area contributed by atoms with E-state index in [1.165, 1.54) is 13.2 Å². The van der Waals surface area contributed by atoms with Crippen LogP contribution in [0.1, 0.15) is 40.7 Å². The van der Waals surface area contributed by atoms with Gasteiger partial charge in [0.25, 0.3) is 0 Å². The Morgan fingerprint density at radius 3 is 2.54 bits per heavy atom. The number of halogens is 1. The second-order valence-electron chi connectivity index (χ2n) is 9.74. The zero-order valence-electron chi connectivity index (χ0n) is 21.6. The zero-order chi connectivity index (χ0) is 26.6. The summed E-state index contributed by atoms with van der Waals surface area (Å²) in [4.78, 5) is 27.0. The van der Waals surface area contributed by atoms with E-state index in [9.17, 15) is 19.1 Å². The van der Waals surface area contributed by atoms with Gasteiger partial charge in [-0.25, -0.2) is 4.39 Å². The van der Waals surface area contributed by atoms with Crippen LogP contribution in [0.4, 0.5) is 4.39 Å². The molecule has 196 valence electrons. The smallest absolute Gasteiger partial charge is 0.192 e. The highest BCUT2D eigenvalue weighted by atomic mass is 19.1. The molecule has 3 atom stereocenters. The van der Waals surface area contributed by atoms with Crippen LogP contribution in [-0.2, 0) is 15.1 Å². The molecular weight excluding hydrogens is 473 g/mol. The number of carbonyl (C=O) groups excluding carboxylic acids is 2. The SMILES string of the molecule is COc1ccc(C(=O)C2=CC(C=O)(CCO)C(C3CCCNC3)=CC2(OC)c2cccc(F)c2C)cc1. The number of allylic oxidation sites excluding steroid dienone is 1. The minimum Gasteiger partial charge on any atom is -0.497 e. The number of hydrogen-bond donors (Lipinski definition) is 2. The summed E-state index contributed by atoms with van der Waals surface area (Å²) >= 11 is 0. The van der Waals surface area contributed by atoms with Crippen molar-refractivity contribution in [1.29, 1.82) is 0 Å². The van der Waals surface area contributed by atoms with Crippen molar-refractivity contribution in [1.82, 2.24) is 5.32 Å². The Hall–Kier alpha value is -3.13. The van der Waals surface area contributed by atoms with Crippen molar-refractivity contribution in [3.63, 3.8) is 0 Å². The summed E-state index contributed by atoms with van der Waals surface area (Å²) in [6.07, 6.45) is 6.21. The van der Waals surface area contributed by atoms with Crippen LogP contribution >= 0.6 is 0 Å². The average Bonchev–Trinajstić information content (AvgIpc) is 2.94. The summed E-state index contributed by atoms with van der Waals surface area (Å²) in [7, 11) is 3.04. The van der Waals surface area contributed by atoms with Gasteiger partial charge in [-0.05, 0) is 91.8 Å². The molecule has 0 amide bonds. The van der Waals surface area contributed by atoms with Gasteiger partial charge in [-0.3, -0.25) is 4.79 Å². The summed E-state index contributed by atoms with van der Waals surface area (Å²) < 4.78 is 26.3. The lowest BCUT2D eigenvalue weighted by atomic mass is 9.62. The largest absolute Gasteiger partial charge is 0.497 e. The summed E-state index contributed by atoms with van der Waals surface area (Å²) in [5, 5.41) is 13.4. The Bertz CT molecular complexity index is 1210. The molecule has 3 unspecified atom stereocenters. The molecule has 4 rings (SSSR count). The zero-order valence-corrected chi connectivity index (χ0v) is 21.6. The molecule has 6 nitrogen and oxygen atoms in total. The topological polar surface area (TPSA) is 84.9 Å². The molecule has 2 aromatic rings. The van der Waals surface area contributed by atoms with E-state index < -0.39 is 16.8 Å². The Balaban J connectivity index is 2.00. The standard InChI is InChI=1S/C30H34FNO5/c1-20-24(7-4-8-27(20)31)30(37-3)17-25(22-6-5-14-32-18-22)29(19-34,13-15-33)16-26(30)28(35)21-9-11-23(36-2)12-10-21/h4,7-12,16-17,19,22,32-33H,5-6,13-15,18H2,1-3H3. The highest BCUT2D eigenvalue weighted by Gasteiger charge is 2.50. The van der Waals surface area contributed by atoms with E-state index in [1.807, 2.05) is 6.08 Å². The predicted octanol–water partition coefficient (Wildman–Crippen LogP) is 4.30. The fourth-order valence-electron chi connectivity index (χ4n) is 5.70. The molecule has 0 bridgehead atoms. The number of Topliss-reactive ketones (excluding diaryl/α,β-unsaturated/α-hetero) is 1. The molecule has 0 aromatic heterocycles. The second kappa shape index (κ2) is 11.1. The number of methoxy groups -OCH3 is 2. The minimum atomic E-state index is -1.43. The van der Waals surface area contributed by atoms with Gasteiger partial charge >= 0.3 is 0 Å². The van der Waals surface area contributed by atoms with E-state index in [0.717, 1.165) is 31.2 Å². The molecule has 0 spiro atoms. The molecule has 0 radical (unpaired) electrons. The maximum atomic E-state index is 14.9. The number of hydrogen-bond acceptors (Lipinski definition) is 6. The lowest BCUT2D eigenvalue weighted by Gasteiger charge is -2.45. The molecule has 2 N–H and O–H groups in total.